The van der Waals surface area contributed by atoms with E-state index in [4.69, 9.17) is 4.74 Å². The summed E-state index contributed by atoms with van der Waals surface area (Å²) in [5.74, 6) is 0.827. The molecular weight excluding hydrogens is 262 g/mol. The summed E-state index contributed by atoms with van der Waals surface area (Å²) >= 11 is 0. The first-order chi connectivity index (χ1) is 10.1. The summed E-state index contributed by atoms with van der Waals surface area (Å²) < 4.78 is 5.12. The third-order valence-electron chi connectivity index (χ3n) is 3.34. The third-order valence-corrected chi connectivity index (χ3v) is 3.34. The Bertz CT molecular complexity index is 597. The second kappa shape index (κ2) is 6.93. The third kappa shape index (κ3) is 4.35. The van der Waals surface area contributed by atoms with Crippen molar-refractivity contribution in [2.45, 2.75) is 20.3 Å². The monoisotopic (exact) mass is 283 g/mol. The SMILES string of the molecule is COc1ccc(CCNC(=O)c2cc(C)cc(C)c2)cc1. The highest BCUT2D eigenvalue weighted by molar-refractivity contribution is 5.94. The topological polar surface area (TPSA) is 38.3 Å². The first-order valence-electron chi connectivity index (χ1n) is 7.08. The molecule has 2 rings (SSSR count). The number of nitrogens with one attached hydrogen (secondary N) is 1. The first-order valence-corrected chi connectivity index (χ1v) is 7.08. The van der Waals surface area contributed by atoms with Crippen molar-refractivity contribution in [1.29, 1.82) is 0 Å². The zero-order chi connectivity index (χ0) is 15.2. The first kappa shape index (κ1) is 15.1. The molecule has 21 heavy (non-hydrogen) atoms. The molecule has 2 aromatic rings. The standard InChI is InChI=1S/C18H21NO2/c1-13-10-14(2)12-16(11-13)18(20)19-9-8-15-4-6-17(21-3)7-5-15/h4-7,10-12H,8-9H2,1-3H3,(H,19,20). The maximum atomic E-state index is 12.1. The average molecular weight is 283 g/mol. The predicted octanol–water partition coefficient (Wildman–Crippen LogP) is 3.28. The molecule has 0 heterocycles. The van der Waals surface area contributed by atoms with E-state index in [1.54, 1.807) is 7.11 Å². The van der Waals surface area contributed by atoms with E-state index in [1.807, 2.05) is 50.2 Å². The highest BCUT2D eigenvalue weighted by atomic mass is 16.5. The van der Waals surface area contributed by atoms with Crippen LogP contribution >= 0.6 is 0 Å². The Hall–Kier alpha value is -2.29. The molecule has 0 saturated heterocycles. The summed E-state index contributed by atoms with van der Waals surface area (Å²) in [5, 5.41) is 2.96. The van der Waals surface area contributed by atoms with Crippen LogP contribution < -0.4 is 10.1 Å². The zero-order valence-corrected chi connectivity index (χ0v) is 12.8. The van der Waals surface area contributed by atoms with Gasteiger partial charge in [-0.25, -0.2) is 0 Å². The van der Waals surface area contributed by atoms with E-state index in [0.29, 0.717) is 6.54 Å². The molecule has 0 spiro atoms. The fourth-order valence-corrected chi connectivity index (χ4v) is 2.32. The van der Waals surface area contributed by atoms with Crippen LogP contribution in [-0.4, -0.2) is 19.6 Å². The molecule has 1 amide bonds. The van der Waals surface area contributed by atoms with Crippen molar-refractivity contribution < 1.29 is 9.53 Å². The van der Waals surface area contributed by atoms with E-state index in [9.17, 15) is 4.79 Å². The van der Waals surface area contributed by atoms with Crippen LogP contribution in [-0.2, 0) is 6.42 Å². The molecule has 0 saturated carbocycles. The summed E-state index contributed by atoms with van der Waals surface area (Å²) in [4.78, 5) is 12.1. The Morgan fingerprint density at radius 2 is 1.67 bits per heavy atom. The second-order valence-corrected chi connectivity index (χ2v) is 5.23. The maximum Gasteiger partial charge on any atom is 0.251 e. The van der Waals surface area contributed by atoms with Gasteiger partial charge in [0.25, 0.3) is 5.91 Å². The normalized spacial score (nSPS) is 10.2. The van der Waals surface area contributed by atoms with Gasteiger partial charge in [-0.2, -0.15) is 0 Å². The van der Waals surface area contributed by atoms with Crippen LogP contribution in [0.15, 0.2) is 42.5 Å². The number of aryl methyl sites for hydroxylation is 2. The predicted molar refractivity (Wildman–Crippen MR) is 84.9 cm³/mol. The van der Waals surface area contributed by atoms with Crippen LogP contribution in [0.2, 0.25) is 0 Å². The minimum Gasteiger partial charge on any atom is -0.497 e. The van der Waals surface area contributed by atoms with Gasteiger partial charge in [0.15, 0.2) is 0 Å². The van der Waals surface area contributed by atoms with Crippen molar-refractivity contribution in [2.75, 3.05) is 13.7 Å². The van der Waals surface area contributed by atoms with Crippen LogP contribution in [0.3, 0.4) is 0 Å². The molecule has 0 fully saturated rings. The summed E-state index contributed by atoms with van der Waals surface area (Å²) in [5.41, 5.74) is 4.12. The molecular formula is C18H21NO2. The fraction of sp³-hybridized carbons (Fsp3) is 0.278. The molecule has 1 N–H and O–H groups in total. The smallest absolute Gasteiger partial charge is 0.251 e. The lowest BCUT2D eigenvalue weighted by Gasteiger charge is -2.08. The van der Waals surface area contributed by atoms with Gasteiger partial charge in [-0.05, 0) is 50.1 Å². The van der Waals surface area contributed by atoms with Gasteiger partial charge < -0.3 is 10.1 Å². The van der Waals surface area contributed by atoms with Crippen LogP contribution in [0.1, 0.15) is 27.0 Å². The Kier molecular flexibility index (Phi) is 4.99. The number of ether oxygens (including phenoxy) is 1. The Labute approximate surface area is 126 Å². The highest BCUT2D eigenvalue weighted by Gasteiger charge is 2.06. The van der Waals surface area contributed by atoms with Crippen molar-refractivity contribution in [3.63, 3.8) is 0 Å². The average Bonchev–Trinajstić information content (AvgIpc) is 2.47. The van der Waals surface area contributed by atoms with Crippen molar-refractivity contribution in [3.05, 3.63) is 64.7 Å². The number of carbonyl (C=O) groups excluding carboxylic acids is 1. The minimum absolute atomic E-state index is 0.0182. The number of hydrogen-bond donors (Lipinski definition) is 1. The molecule has 110 valence electrons. The quantitative estimate of drug-likeness (QED) is 0.914. The molecule has 0 unspecified atom stereocenters. The van der Waals surface area contributed by atoms with Crippen molar-refractivity contribution >= 4 is 5.91 Å². The highest BCUT2D eigenvalue weighted by Crippen LogP contribution is 2.12. The number of methoxy groups -OCH3 is 1. The van der Waals surface area contributed by atoms with E-state index in [0.717, 1.165) is 28.9 Å². The molecule has 0 aromatic heterocycles. The molecule has 0 bridgehead atoms. The number of carbonyl (C=O) groups is 1. The molecule has 2 aromatic carbocycles. The van der Waals surface area contributed by atoms with Crippen LogP contribution in [0.5, 0.6) is 5.75 Å². The van der Waals surface area contributed by atoms with Crippen LogP contribution in [0, 0.1) is 13.8 Å². The number of rotatable bonds is 5. The lowest BCUT2D eigenvalue weighted by molar-refractivity contribution is 0.0954. The van der Waals surface area contributed by atoms with Crippen molar-refractivity contribution in [1.82, 2.24) is 5.32 Å². The van der Waals surface area contributed by atoms with Crippen LogP contribution in [0.25, 0.3) is 0 Å². The van der Waals surface area contributed by atoms with E-state index < -0.39 is 0 Å². The molecule has 0 atom stereocenters. The van der Waals surface area contributed by atoms with E-state index in [2.05, 4.69) is 11.4 Å². The van der Waals surface area contributed by atoms with Gasteiger partial charge in [-0.3, -0.25) is 4.79 Å². The summed E-state index contributed by atoms with van der Waals surface area (Å²) in [6, 6.07) is 13.8. The lowest BCUT2D eigenvalue weighted by atomic mass is 10.1. The van der Waals surface area contributed by atoms with Gasteiger partial charge in [0, 0.05) is 12.1 Å². The molecule has 0 radical (unpaired) electrons. The molecule has 0 aliphatic heterocycles. The van der Waals surface area contributed by atoms with Gasteiger partial charge in [0.1, 0.15) is 5.75 Å². The van der Waals surface area contributed by atoms with Gasteiger partial charge >= 0.3 is 0 Å². The van der Waals surface area contributed by atoms with Gasteiger partial charge in [-0.15, -0.1) is 0 Å². The Morgan fingerprint density at radius 1 is 1.05 bits per heavy atom. The van der Waals surface area contributed by atoms with Crippen molar-refractivity contribution in [3.8, 4) is 5.75 Å². The number of hydrogen-bond acceptors (Lipinski definition) is 2. The van der Waals surface area contributed by atoms with Crippen LogP contribution in [0.4, 0.5) is 0 Å². The molecule has 0 aliphatic carbocycles. The Morgan fingerprint density at radius 3 is 2.24 bits per heavy atom. The molecule has 3 heteroatoms. The lowest BCUT2D eigenvalue weighted by Crippen LogP contribution is -2.25. The van der Waals surface area contributed by atoms with Gasteiger partial charge in [0.05, 0.1) is 7.11 Å². The summed E-state index contributed by atoms with van der Waals surface area (Å²) in [6.45, 7) is 4.63. The number of benzene rings is 2. The number of amides is 1. The van der Waals surface area contributed by atoms with E-state index in [1.165, 1.54) is 5.56 Å². The zero-order valence-electron chi connectivity index (χ0n) is 12.8. The summed E-state index contributed by atoms with van der Waals surface area (Å²) in [7, 11) is 1.65. The van der Waals surface area contributed by atoms with E-state index in [-0.39, 0.29) is 5.91 Å². The van der Waals surface area contributed by atoms with Gasteiger partial charge in [0.2, 0.25) is 0 Å². The Balaban J connectivity index is 1.88. The van der Waals surface area contributed by atoms with E-state index >= 15 is 0 Å². The maximum absolute atomic E-state index is 12.1. The van der Waals surface area contributed by atoms with Gasteiger partial charge in [-0.1, -0.05) is 29.3 Å². The summed E-state index contributed by atoms with van der Waals surface area (Å²) in [6.07, 6.45) is 0.806. The molecule has 0 aliphatic rings. The fourth-order valence-electron chi connectivity index (χ4n) is 2.32. The largest absolute Gasteiger partial charge is 0.497 e. The minimum atomic E-state index is -0.0182. The molecule has 3 nitrogen and oxygen atoms in total. The van der Waals surface area contributed by atoms with Crippen molar-refractivity contribution in [2.24, 2.45) is 0 Å². The second-order valence-electron chi connectivity index (χ2n) is 5.23.